The lowest BCUT2D eigenvalue weighted by Crippen LogP contribution is -2.07. The van der Waals surface area contributed by atoms with E-state index in [1.54, 1.807) is 19.9 Å². The van der Waals surface area contributed by atoms with Crippen molar-refractivity contribution in [3.63, 3.8) is 0 Å². The SMILES string of the molecule is Cc1cc(C)c(S(C)(=O)=O)c(N)n1. The van der Waals surface area contributed by atoms with Gasteiger partial charge < -0.3 is 5.73 Å². The second-order valence-corrected chi connectivity index (χ2v) is 5.02. The Kier molecular flexibility index (Phi) is 2.30. The Morgan fingerprint density at radius 3 is 2.31 bits per heavy atom. The van der Waals surface area contributed by atoms with Gasteiger partial charge in [-0.05, 0) is 25.5 Å². The van der Waals surface area contributed by atoms with Crippen LogP contribution in [0.15, 0.2) is 11.0 Å². The Morgan fingerprint density at radius 2 is 1.92 bits per heavy atom. The summed E-state index contributed by atoms with van der Waals surface area (Å²) in [5, 5.41) is 0. The molecule has 0 atom stereocenters. The summed E-state index contributed by atoms with van der Waals surface area (Å²) in [5.74, 6) is 0.0833. The maximum absolute atomic E-state index is 11.3. The van der Waals surface area contributed by atoms with Crippen LogP contribution in [0.25, 0.3) is 0 Å². The summed E-state index contributed by atoms with van der Waals surface area (Å²) in [6.07, 6.45) is 1.13. The molecule has 0 aromatic carbocycles. The van der Waals surface area contributed by atoms with Gasteiger partial charge in [0.05, 0.1) is 0 Å². The zero-order valence-electron chi connectivity index (χ0n) is 7.83. The molecule has 0 saturated heterocycles. The average molecular weight is 200 g/mol. The van der Waals surface area contributed by atoms with Gasteiger partial charge in [-0.25, -0.2) is 13.4 Å². The Bertz CT molecular complexity index is 414. The number of hydrogen-bond donors (Lipinski definition) is 1. The average Bonchev–Trinajstić information content (AvgIpc) is 1.78. The third kappa shape index (κ3) is 1.98. The Morgan fingerprint density at radius 1 is 1.38 bits per heavy atom. The molecule has 1 aromatic heterocycles. The zero-order chi connectivity index (χ0) is 10.2. The van der Waals surface area contributed by atoms with Crippen molar-refractivity contribution >= 4 is 15.7 Å². The predicted octanol–water partition coefficient (Wildman–Crippen LogP) is 0.684. The largest absolute Gasteiger partial charge is 0.383 e. The topological polar surface area (TPSA) is 73.0 Å². The van der Waals surface area contributed by atoms with Gasteiger partial charge in [-0.15, -0.1) is 0 Å². The van der Waals surface area contributed by atoms with Gasteiger partial charge in [-0.2, -0.15) is 0 Å². The molecule has 0 aliphatic rings. The van der Waals surface area contributed by atoms with Crippen LogP contribution in [0, 0.1) is 13.8 Å². The third-order valence-corrected chi connectivity index (χ3v) is 2.96. The number of rotatable bonds is 1. The maximum atomic E-state index is 11.3. The van der Waals surface area contributed by atoms with Crippen molar-refractivity contribution in [3.05, 3.63) is 17.3 Å². The van der Waals surface area contributed by atoms with E-state index in [0.29, 0.717) is 5.56 Å². The fourth-order valence-electron chi connectivity index (χ4n) is 1.34. The molecule has 0 amide bonds. The third-order valence-electron chi connectivity index (χ3n) is 1.68. The summed E-state index contributed by atoms with van der Waals surface area (Å²) >= 11 is 0. The van der Waals surface area contributed by atoms with Gasteiger partial charge >= 0.3 is 0 Å². The predicted molar refractivity (Wildman–Crippen MR) is 51.2 cm³/mol. The van der Waals surface area contributed by atoms with Crippen molar-refractivity contribution in [1.29, 1.82) is 0 Å². The molecule has 2 N–H and O–H groups in total. The molecule has 0 bridgehead atoms. The van der Waals surface area contributed by atoms with Crippen molar-refractivity contribution in [2.75, 3.05) is 12.0 Å². The van der Waals surface area contributed by atoms with Crippen LogP contribution in [-0.2, 0) is 9.84 Å². The minimum atomic E-state index is -3.27. The summed E-state index contributed by atoms with van der Waals surface area (Å²) < 4.78 is 22.5. The molecule has 1 aromatic rings. The second kappa shape index (κ2) is 2.99. The monoisotopic (exact) mass is 200 g/mol. The van der Waals surface area contributed by atoms with E-state index < -0.39 is 9.84 Å². The maximum Gasteiger partial charge on any atom is 0.179 e. The van der Waals surface area contributed by atoms with Crippen molar-refractivity contribution in [2.24, 2.45) is 0 Å². The van der Waals surface area contributed by atoms with Gasteiger partial charge in [0.15, 0.2) is 9.84 Å². The number of nitrogens with two attached hydrogens (primary N) is 1. The Balaban J connectivity index is 3.57. The minimum Gasteiger partial charge on any atom is -0.383 e. The van der Waals surface area contributed by atoms with E-state index in [4.69, 9.17) is 5.73 Å². The highest BCUT2D eigenvalue weighted by Crippen LogP contribution is 2.20. The lowest BCUT2D eigenvalue weighted by Gasteiger charge is -2.07. The molecular formula is C8H12N2O2S. The molecule has 72 valence electrons. The van der Waals surface area contributed by atoms with E-state index in [1.165, 1.54) is 0 Å². The highest BCUT2D eigenvalue weighted by molar-refractivity contribution is 7.91. The molecular weight excluding hydrogens is 188 g/mol. The lowest BCUT2D eigenvalue weighted by atomic mass is 10.2. The van der Waals surface area contributed by atoms with Crippen LogP contribution in [0.3, 0.4) is 0 Å². The first-order valence-corrected chi connectivity index (χ1v) is 5.65. The van der Waals surface area contributed by atoms with Gasteiger partial charge in [-0.1, -0.05) is 0 Å². The molecule has 0 fully saturated rings. The van der Waals surface area contributed by atoms with Crippen LogP contribution in [0.4, 0.5) is 5.82 Å². The molecule has 0 saturated carbocycles. The van der Waals surface area contributed by atoms with Gasteiger partial charge in [0, 0.05) is 11.9 Å². The van der Waals surface area contributed by atoms with E-state index in [1.807, 2.05) is 0 Å². The number of aromatic nitrogens is 1. The number of anilines is 1. The number of hydrogen-bond acceptors (Lipinski definition) is 4. The summed E-state index contributed by atoms with van der Waals surface area (Å²) in [4.78, 5) is 4.04. The molecule has 13 heavy (non-hydrogen) atoms. The van der Waals surface area contributed by atoms with Gasteiger partial charge in [-0.3, -0.25) is 0 Å². The molecule has 0 aliphatic heterocycles. The van der Waals surface area contributed by atoms with Gasteiger partial charge in [0.1, 0.15) is 10.7 Å². The Labute approximate surface area is 77.7 Å². The molecule has 0 radical (unpaired) electrons. The molecule has 4 nitrogen and oxygen atoms in total. The van der Waals surface area contributed by atoms with E-state index in [-0.39, 0.29) is 10.7 Å². The number of aryl methyl sites for hydroxylation is 2. The van der Waals surface area contributed by atoms with Crippen LogP contribution in [0.5, 0.6) is 0 Å². The first kappa shape index (κ1) is 9.98. The second-order valence-electron chi connectivity index (χ2n) is 3.07. The standard InChI is InChI=1S/C8H12N2O2S/c1-5-4-6(2)10-8(9)7(5)13(3,11)12/h4H,1-3H3,(H2,9,10). The van der Waals surface area contributed by atoms with Gasteiger partial charge in [0.2, 0.25) is 0 Å². The van der Waals surface area contributed by atoms with Crippen molar-refractivity contribution in [1.82, 2.24) is 4.98 Å². The van der Waals surface area contributed by atoms with E-state index >= 15 is 0 Å². The molecule has 0 aliphatic carbocycles. The van der Waals surface area contributed by atoms with Crippen LogP contribution in [0.2, 0.25) is 0 Å². The number of pyridine rings is 1. The van der Waals surface area contributed by atoms with E-state index in [9.17, 15) is 8.42 Å². The molecule has 1 heterocycles. The zero-order valence-corrected chi connectivity index (χ0v) is 8.64. The smallest absolute Gasteiger partial charge is 0.179 e. The highest BCUT2D eigenvalue weighted by Gasteiger charge is 2.15. The van der Waals surface area contributed by atoms with E-state index in [2.05, 4.69) is 4.98 Å². The molecule has 5 heteroatoms. The number of nitrogens with zero attached hydrogens (tertiary/aromatic N) is 1. The van der Waals surface area contributed by atoms with Crippen molar-refractivity contribution in [2.45, 2.75) is 18.7 Å². The molecule has 1 rings (SSSR count). The lowest BCUT2D eigenvalue weighted by molar-refractivity contribution is 0.601. The van der Waals surface area contributed by atoms with Crippen molar-refractivity contribution < 1.29 is 8.42 Å². The first-order chi connectivity index (χ1) is 5.82. The minimum absolute atomic E-state index is 0.0833. The van der Waals surface area contributed by atoms with Crippen LogP contribution in [-0.4, -0.2) is 19.7 Å². The normalized spacial score (nSPS) is 11.6. The summed E-state index contributed by atoms with van der Waals surface area (Å²) in [7, 11) is -3.27. The summed E-state index contributed by atoms with van der Waals surface area (Å²) in [6, 6.07) is 1.70. The molecule has 0 spiro atoms. The quantitative estimate of drug-likeness (QED) is 0.723. The highest BCUT2D eigenvalue weighted by atomic mass is 32.2. The Hall–Kier alpha value is -1.10. The van der Waals surface area contributed by atoms with Gasteiger partial charge in [0.25, 0.3) is 0 Å². The number of nitrogen functional groups attached to an aromatic ring is 1. The number of sulfone groups is 1. The summed E-state index contributed by atoms with van der Waals surface area (Å²) in [5.41, 5.74) is 6.89. The summed E-state index contributed by atoms with van der Waals surface area (Å²) in [6.45, 7) is 3.48. The van der Waals surface area contributed by atoms with Crippen LogP contribution in [0.1, 0.15) is 11.3 Å². The van der Waals surface area contributed by atoms with E-state index in [0.717, 1.165) is 11.9 Å². The fourth-order valence-corrected chi connectivity index (χ4v) is 2.41. The molecule has 0 unspecified atom stereocenters. The van der Waals surface area contributed by atoms with Crippen LogP contribution >= 0.6 is 0 Å². The fraction of sp³-hybridized carbons (Fsp3) is 0.375. The first-order valence-electron chi connectivity index (χ1n) is 3.76. The van der Waals surface area contributed by atoms with Crippen LogP contribution < -0.4 is 5.73 Å². The van der Waals surface area contributed by atoms with Crippen molar-refractivity contribution in [3.8, 4) is 0 Å².